The summed E-state index contributed by atoms with van der Waals surface area (Å²) < 4.78 is 5.95. The predicted molar refractivity (Wildman–Crippen MR) is 173 cm³/mol. The van der Waals surface area contributed by atoms with Gasteiger partial charge in [-0.3, -0.25) is 14.5 Å². The molecule has 0 bridgehead atoms. The van der Waals surface area contributed by atoms with Crippen molar-refractivity contribution < 1.29 is 24.2 Å². The molecule has 9 heteroatoms. The summed E-state index contributed by atoms with van der Waals surface area (Å²) in [6.45, 7) is 1.81. The first-order chi connectivity index (χ1) is 21.8. The van der Waals surface area contributed by atoms with E-state index in [2.05, 4.69) is 34.9 Å². The highest BCUT2D eigenvalue weighted by atomic mass is 35.5. The standard InChI is InChI=1S/C36H34ClN3O5/c1-22-18-25(14-15-31(22)37)38-34(42)32(16-17-41)39-35(43)33-19-23-8-2-3-9-24(23)20-40(33)36(44)45-21-30-28-12-6-4-10-26(28)27-11-5-7-13-29(27)30/h2-15,18,30,32-33,41H,16-17,19-21H2,1H3,(H,38,42)(H,39,43)/t32-,33-/m0/s1. The Balaban J connectivity index is 1.20. The van der Waals surface area contributed by atoms with Crippen LogP contribution >= 0.6 is 11.6 Å². The monoisotopic (exact) mass is 623 g/mol. The summed E-state index contributed by atoms with van der Waals surface area (Å²) in [5.74, 6) is -1.11. The number of carbonyl (C=O) groups excluding carboxylic acids is 3. The Morgan fingerprint density at radius 2 is 1.58 bits per heavy atom. The van der Waals surface area contributed by atoms with Crippen molar-refractivity contribution in [2.45, 2.75) is 44.3 Å². The van der Waals surface area contributed by atoms with Crippen LogP contribution in [-0.4, -0.2) is 53.2 Å². The van der Waals surface area contributed by atoms with Gasteiger partial charge in [-0.25, -0.2) is 4.79 Å². The van der Waals surface area contributed by atoms with Crippen molar-refractivity contribution in [3.63, 3.8) is 0 Å². The molecule has 6 rings (SSSR count). The average molecular weight is 624 g/mol. The number of nitrogens with one attached hydrogen (secondary N) is 2. The molecule has 230 valence electrons. The number of aliphatic hydroxyl groups excluding tert-OH is 1. The maximum Gasteiger partial charge on any atom is 0.410 e. The summed E-state index contributed by atoms with van der Waals surface area (Å²) in [6, 6.07) is 27.0. The molecule has 0 radical (unpaired) electrons. The van der Waals surface area contributed by atoms with E-state index < -0.39 is 30.0 Å². The fourth-order valence-corrected chi connectivity index (χ4v) is 6.36. The second-order valence-corrected chi connectivity index (χ2v) is 11.9. The summed E-state index contributed by atoms with van der Waals surface area (Å²) in [5, 5.41) is 15.9. The van der Waals surface area contributed by atoms with E-state index in [-0.39, 0.29) is 38.5 Å². The van der Waals surface area contributed by atoms with Crippen LogP contribution in [-0.2, 0) is 27.3 Å². The number of fused-ring (bicyclic) bond motifs is 4. The van der Waals surface area contributed by atoms with Crippen LogP contribution in [0.1, 0.15) is 40.2 Å². The summed E-state index contributed by atoms with van der Waals surface area (Å²) in [6.07, 6.45) is -0.347. The Labute approximate surface area is 267 Å². The van der Waals surface area contributed by atoms with E-state index in [1.54, 1.807) is 18.2 Å². The highest BCUT2D eigenvalue weighted by Crippen LogP contribution is 2.44. The van der Waals surface area contributed by atoms with Crippen LogP contribution < -0.4 is 10.6 Å². The van der Waals surface area contributed by atoms with Gasteiger partial charge in [-0.05, 0) is 70.5 Å². The van der Waals surface area contributed by atoms with Gasteiger partial charge in [0.15, 0.2) is 0 Å². The van der Waals surface area contributed by atoms with Crippen molar-refractivity contribution in [2.75, 3.05) is 18.5 Å². The first-order valence-electron chi connectivity index (χ1n) is 15.0. The molecule has 4 aromatic carbocycles. The van der Waals surface area contributed by atoms with Crippen LogP contribution in [0.2, 0.25) is 5.02 Å². The number of nitrogens with zero attached hydrogens (tertiary/aromatic N) is 1. The lowest BCUT2D eigenvalue weighted by molar-refractivity contribution is -0.130. The number of carbonyl (C=O) groups is 3. The molecule has 8 nitrogen and oxygen atoms in total. The normalized spacial score (nSPS) is 15.8. The maximum atomic E-state index is 13.8. The van der Waals surface area contributed by atoms with Crippen molar-refractivity contribution in [3.8, 4) is 11.1 Å². The molecular formula is C36H34ClN3O5. The van der Waals surface area contributed by atoms with Crippen LogP contribution in [0.25, 0.3) is 11.1 Å². The molecule has 0 fully saturated rings. The molecular weight excluding hydrogens is 590 g/mol. The number of hydrogen-bond donors (Lipinski definition) is 3. The lowest BCUT2D eigenvalue weighted by atomic mass is 9.93. The van der Waals surface area contributed by atoms with Crippen molar-refractivity contribution in [3.05, 3.63) is 124 Å². The molecule has 3 amide bonds. The molecule has 3 N–H and O–H groups in total. The molecule has 0 saturated carbocycles. The van der Waals surface area contributed by atoms with Gasteiger partial charge in [0, 0.05) is 29.7 Å². The number of anilines is 1. The van der Waals surface area contributed by atoms with Crippen LogP contribution in [0.5, 0.6) is 0 Å². The Hall–Kier alpha value is -4.66. The number of benzene rings is 4. The van der Waals surface area contributed by atoms with Gasteiger partial charge in [0.1, 0.15) is 18.7 Å². The Morgan fingerprint density at radius 1 is 0.933 bits per heavy atom. The van der Waals surface area contributed by atoms with Crippen LogP contribution in [0.3, 0.4) is 0 Å². The van der Waals surface area contributed by atoms with E-state index in [4.69, 9.17) is 16.3 Å². The number of amides is 3. The van der Waals surface area contributed by atoms with Crippen LogP contribution in [0, 0.1) is 6.92 Å². The quantitative estimate of drug-likeness (QED) is 0.229. The zero-order valence-corrected chi connectivity index (χ0v) is 25.6. The third-order valence-electron chi connectivity index (χ3n) is 8.60. The lowest BCUT2D eigenvalue weighted by Crippen LogP contribution is -2.56. The van der Waals surface area contributed by atoms with E-state index in [0.29, 0.717) is 10.7 Å². The number of aryl methyl sites for hydroxylation is 1. The molecule has 1 aliphatic heterocycles. The second-order valence-electron chi connectivity index (χ2n) is 11.4. The first kappa shape index (κ1) is 30.4. The molecule has 0 saturated heterocycles. The smallest absolute Gasteiger partial charge is 0.410 e. The summed E-state index contributed by atoms with van der Waals surface area (Å²) in [5.41, 5.74) is 7.62. The predicted octanol–water partition coefficient (Wildman–Crippen LogP) is 5.83. The number of halogens is 1. The number of hydrogen-bond acceptors (Lipinski definition) is 5. The minimum Gasteiger partial charge on any atom is -0.448 e. The molecule has 0 unspecified atom stereocenters. The topological polar surface area (TPSA) is 108 Å². The third kappa shape index (κ3) is 6.30. The van der Waals surface area contributed by atoms with E-state index in [1.807, 2.05) is 55.5 Å². The first-order valence-corrected chi connectivity index (χ1v) is 15.4. The minimum atomic E-state index is -1.03. The zero-order chi connectivity index (χ0) is 31.5. The van der Waals surface area contributed by atoms with Gasteiger partial charge in [0.25, 0.3) is 0 Å². The molecule has 4 aromatic rings. The van der Waals surface area contributed by atoms with E-state index in [1.165, 1.54) is 4.90 Å². The molecule has 0 aromatic heterocycles. The summed E-state index contributed by atoms with van der Waals surface area (Å²) in [7, 11) is 0. The SMILES string of the molecule is Cc1cc(NC(=O)[C@H](CCO)NC(=O)[C@@H]2Cc3ccccc3CN2C(=O)OCC2c3ccccc3-c3ccccc32)ccc1Cl. The lowest BCUT2D eigenvalue weighted by Gasteiger charge is -2.36. The average Bonchev–Trinajstić information content (AvgIpc) is 3.38. The highest BCUT2D eigenvalue weighted by Gasteiger charge is 2.38. The van der Waals surface area contributed by atoms with E-state index in [9.17, 15) is 19.5 Å². The van der Waals surface area contributed by atoms with Gasteiger partial charge in [-0.15, -0.1) is 0 Å². The van der Waals surface area contributed by atoms with Gasteiger partial charge < -0.3 is 20.5 Å². The third-order valence-corrected chi connectivity index (χ3v) is 9.02. The van der Waals surface area contributed by atoms with Crippen molar-refractivity contribution in [1.29, 1.82) is 0 Å². The molecule has 1 aliphatic carbocycles. The largest absolute Gasteiger partial charge is 0.448 e. The van der Waals surface area contributed by atoms with E-state index in [0.717, 1.165) is 38.9 Å². The molecule has 2 atom stereocenters. The molecule has 45 heavy (non-hydrogen) atoms. The van der Waals surface area contributed by atoms with Crippen molar-refractivity contribution in [1.82, 2.24) is 10.2 Å². The molecule has 2 aliphatic rings. The minimum absolute atomic E-state index is 0.00159. The van der Waals surface area contributed by atoms with Gasteiger partial charge in [-0.2, -0.15) is 0 Å². The Kier molecular flexibility index (Phi) is 8.87. The van der Waals surface area contributed by atoms with Crippen LogP contribution in [0.15, 0.2) is 91.0 Å². The summed E-state index contributed by atoms with van der Waals surface area (Å²) in [4.78, 5) is 42.2. The van der Waals surface area contributed by atoms with Gasteiger partial charge in [0.2, 0.25) is 11.8 Å². The van der Waals surface area contributed by atoms with Gasteiger partial charge >= 0.3 is 6.09 Å². The Morgan fingerprint density at radius 3 is 2.24 bits per heavy atom. The fraction of sp³-hybridized carbons (Fsp3) is 0.250. The van der Waals surface area contributed by atoms with Crippen molar-refractivity contribution in [2.24, 2.45) is 0 Å². The molecule has 0 spiro atoms. The highest BCUT2D eigenvalue weighted by molar-refractivity contribution is 6.31. The van der Waals surface area contributed by atoms with Gasteiger partial charge in [-0.1, -0.05) is 84.4 Å². The zero-order valence-electron chi connectivity index (χ0n) is 24.8. The second kappa shape index (κ2) is 13.1. The number of aliphatic hydroxyl groups is 1. The fourth-order valence-electron chi connectivity index (χ4n) is 6.24. The van der Waals surface area contributed by atoms with E-state index >= 15 is 0 Å². The number of rotatable bonds is 8. The summed E-state index contributed by atoms with van der Waals surface area (Å²) >= 11 is 6.12. The van der Waals surface area contributed by atoms with Gasteiger partial charge in [0.05, 0.1) is 6.54 Å². The Bertz CT molecular complexity index is 1710. The number of ether oxygens (including phenoxy) is 1. The van der Waals surface area contributed by atoms with Crippen molar-refractivity contribution >= 4 is 35.2 Å². The maximum absolute atomic E-state index is 13.8. The van der Waals surface area contributed by atoms with Crippen LogP contribution in [0.4, 0.5) is 10.5 Å². The molecule has 1 heterocycles.